The summed E-state index contributed by atoms with van der Waals surface area (Å²) in [6.45, 7) is 7.04. The van der Waals surface area contributed by atoms with Gasteiger partial charge in [-0.05, 0) is 39.7 Å². The number of carbonyl (C=O) groups excluding carboxylic acids is 2. The summed E-state index contributed by atoms with van der Waals surface area (Å²) in [4.78, 5) is 26.0. The van der Waals surface area contributed by atoms with Gasteiger partial charge in [0.2, 0.25) is 0 Å². The zero-order valence-electron chi connectivity index (χ0n) is 14.4. The quantitative estimate of drug-likeness (QED) is 0.124. The standard InChI is InChI=1S/C17H26N2O4/c1-5-6-7-8-9-10-11-12-13-22-15(20)14(19-18)16(21)23-17(2,3)4/h9-12H,5-8,13H2,1-4H3. The van der Waals surface area contributed by atoms with Gasteiger partial charge in [-0.1, -0.05) is 38.0 Å². The number of hydrogen-bond acceptors (Lipinski definition) is 4. The zero-order chi connectivity index (χ0) is 17.7. The van der Waals surface area contributed by atoms with Gasteiger partial charge in [-0.2, -0.15) is 4.79 Å². The zero-order valence-corrected chi connectivity index (χ0v) is 14.4. The van der Waals surface area contributed by atoms with E-state index in [9.17, 15) is 9.59 Å². The van der Waals surface area contributed by atoms with Gasteiger partial charge in [-0.15, -0.1) is 0 Å². The van der Waals surface area contributed by atoms with E-state index >= 15 is 0 Å². The molecule has 0 amide bonds. The second kappa shape index (κ2) is 11.4. The van der Waals surface area contributed by atoms with Crippen LogP contribution in [0.2, 0.25) is 0 Å². The van der Waals surface area contributed by atoms with Crippen molar-refractivity contribution in [3.8, 4) is 0 Å². The molecule has 0 aromatic carbocycles. The van der Waals surface area contributed by atoms with Crippen LogP contribution in [0, 0.1) is 0 Å². The van der Waals surface area contributed by atoms with Crippen molar-refractivity contribution in [2.75, 3.05) is 6.61 Å². The minimum Gasteiger partial charge on any atom is -0.452 e. The van der Waals surface area contributed by atoms with Gasteiger partial charge in [-0.25, -0.2) is 9.59 Å². The topological polar surface area (TPSA) is 89.0 Å². The molecule has 0 spiro atoms. The largest absolute Gasteiger partial charge is 0.482 e. The van der Waals surface area contributed by atoms with Gasteiger partial charge in [0.15, 0.2) is 0 Å². The van der Waals surface area contributed by atoms with Crippen LogP contribution in [0.4, 0.5) is 0 Å². The highest BCUT2D eigenvalue weighted by molar-refractivity contribution is 6.60. The van der Waals surface area contributed by atoms with Crippen molar-refractivity contribution in [3.63, 3.8) is 0 Å². The first-order valence-electron chi connectivity index (χ1n) is 7.76. The van der Waals surface area contributed by atoms with Crippen LogP contribution in [-0.2, 0) is 19.1 Å². The average Bonchev–Trinajstić information content (AvgIpc) is 2.44. The third kappa shape index (κ3) is 11.1. The van der Waals surface area contributed by atoms with Gasteiger partial charge >= 0.3 is 17.7 Å². The molecule has 0 saturated carbocycles. The maximum absolute atomic E-state index is 11.6. The van der Waals surface area contributed by atoms with Gasteiger partial charge in [-0.3, -0.25) is 0 Å². The van der Waals surface area contributed by atoms with Crippen molar-refractivity contribution in [3.05, 3.63) is 29.8 Å². The highest BCUT2D eigenvalue weighted by Gasteiger charge is 2.35. The first-order chi connectivity index (χ1) is 10.8. The van der Waals surface area contributed by atoms with E-state index in [4.69, 9.17) is 15.0 Å². The summed E-state index contributed by atoms with van der Waals surface area (Å²) in [6.07, 6.45) is 11.8. The van der Waals surface area contributed by atoms with E-state index in [1.165, 1.54) is 12.8 Å². The normalized spacial score (nSPS) is 11.5. The molecule has 0 bridgehead atoms. The van der Waals surface area contributed by atoms with Crippen molar-refractivity contribution >= 4 is 17.7 Å². The number of ether oxygens (including phenoxy) is 2. The minimum atomic E-state index is -1.03. The van der Waals surface area contributed by atoms with Crippen LogP contribution in [0.25, 0.3) is 5.53 Å². The first kappa shape index (κ1) is 20.8. The molecule has 0 rings (SSSR count). The van der Waals surface area contributed by atoms with E-state index in [0.29, 0.717) is 0 Å². The molecule has 23 heavy (non-hydrogen) atoms. The molecule has 0 radical (unpaired) electrons. The number of unbranched alkanes of at least 4 members (excludes halogenated alkanes) is 3. The van der Waals surface area contributed by atoms with E-state index in [0.717, 1.165) is 12.8 Å². The van der Waals surface area contributed by atoms with Crippen molar-refractivity contribution < 1.29 is 23.9 Å². The Morgan fingerprint density at radius 3 is 2.30 bits per heavy atom. The summed E-state index contributed by atoms with van der Waals surface area (Å²) >= 11 is 0. The highest BCUT2D eigenvalue weighted by atomic mass is 16.6. The fraction of sp³-hybridized carbons (Fsp3) is 0.588. The van der Waals surface area contributed by atoms with Gasteiger partial charge in [0.25, 0.3) is 0 Å². The van der Waals surface area contributed by atoms with E-state index in [1.807, 2.05) is 12.2 Å². The molecule has 128 valence electrons. The molecule has 0 aromatic rings. The molecule has 0 fully saturated rings. The van der Waals surface area contributed by atoms with Crippen molar-refractivity contribution in [1.82, 2.24) is 0 Å². The number of allylic oxidation sites excluding steroid dienone is 3. The molecule has 0 heterocycles. The van der Waals surface area contributed by atoms with Gasteiger partial charge in [0.05, 0.1) is 0 Å². The summed E-state index contributed by atoms with van der Waals surface area (Å²) in [7, 11) is 0. The predicted octanol–water partition coefficient (Wildman–Crippen LogP) is 3.23. The molecule has 6 heteroatoms. The number of esters is 2. The molecule has 0 unspecified atom stereocenters. The maximum Gasteiger partial charge on any atom is 0.482 e. The fourth-order valence-corrected chi connectivity index (χ4v) is 1.50. The van der Waals surface area contributed by atoms with E-state index < -0.39 is 23.3 Å². The molecule has 0 aliphatic rings. The Balaban J connectivity index is 4.22. The smallest absolute Gasteiger partial charge is 0.452 e. The molecular formula is C17H26N2O4. The van der Waals surface area contributed by atoms with Gasteiger partial charge in [0, 0.05) is 0 Å². The summed E-state index contributed by atoms with van der Waals surface area (Å²) < 4.78 is 9.77. The summed E-state index contributed by atoms with van der Waals surface area (Å²) in [5.41, 5.74) is 7.19. The fourth-order valence-electron chi connectivity index (χ4n) is 1.50. The molecule has 0 atom stereocenters. The van der Waals surface area contributed by atoms with Crippen LogP contribution in [0.1, 0.15) is 53.4 Å². The Bertz CT molecular complexity index is 495. The lowest BCUT2D eigenvalue weighted by atomic mass is 10.2. The van der Waals surface area contributed by atoms with Gasteiger partial charge in [0.1, 0.15) is 12.2 Å². The summed E-state index contributed by atoms with van der Waals surface area (Å²) in [5, 5.41) is 0. The van der Waals surface area contributed by atoms with E-state index in [-0.39, 0.29) is 6.61 Å². The van der Waals surface area contributed by atoms with Crippen molar-refractivity contribution in [1.29, 1.82) is 0 Å². The molecule has 0 aromatic heterocycles. The molecule has 0 saturated heterocycles. The van der Waals surface area contributed by atoms with Crippen LogP contribution in [0.15, 0.2) is 24.3 Å². The van der Waals surface area contributed by atoms with Crippen LogP contribution < -0.4 is 0 Å². The molecule has 0 aliphatic heterocycles. The first-order valence-corrected chi connectivity index (χ1v) is 7.76. The van der Waals surface area contributed by atoms with Crippen molar-refractivity contribution in [2.45, 2.75) is 59.0 Å². The van der Waals surface area contributed by atoms with Crippen molar-refractivity contribution in [2.24, 2.45) is 0 Å². The number of carbonyl (C=O) groups is 2. The van der Waals surface area contributed by atoms with Gasteiger partial charge < -0.3 is 15.0 Å². The Morgan fingerprint density at radius 1 is 1.09 bits per heavy atom. The lowest BCUT2D eigenvalue weighted by Gasteiger charge is -2.17. The molecule has 6 nitrogen and oxygen atoms in total. The molecular weight excluding hydrogens is 296 g/mol. The lowest BCUT2D eigenvalue weighted by Crippen LogP contribution is -2.34. The highest BCUT2D eigenvalue weighted by Crippen LogP contribution is 2.07. The van der Waals surface area contributed by atoms with Crippen LogP contribution in [0.5, 0.6) is 0 Å². The Morgan fingerprint density at radius 2 is 1.74 bits per heavy atom. The summed E-state index contributed by atoms with van der Waals surface area (Å²) in [5.74, 6) is -2.05. The Hall–Kier alpha value is -2.20. The van der Waals surface area contributed by atoms with Crippen LogP contribution in [-0.4, -0.2) is 34.6 Å². The lowest BCUT2D eigenvalue weighted by molar-refractivity contribution is -0.155. The third-order valence-corrected chi connectivity index (χ3v) is 2.55. The second-order valence-corrected chi connectivity index (χ2v) is 5.90. The SMILES string of the molecule is CCCCCC=CC=CCOC(=O)C(=[N+]=[N-])C(=O)OC(C)(C)C. The number of rotatable bonds is 9. The summed E-state index contributed by atoms with van der Waals surface area (Å²) in [6, 6.07) is 0. The monoisotopic (exact) mass is 322 g/mol. The van der Waals surface area contributed by atoms with E-state index in [2.05, 4.69) is 11.7 Å². The third-order valence-electron chi connectivity index (χ3n) is 2.55. The Kier molecular flexibility index (Phi) is 10.3. The number of nitrogens with zero attached hydrogens (tertiary/aromatic N) is 2. The predicted molar refractivity (Wildman–Crippen MR) is 87.9 cm³/mol. The Labute approximate surface area is 137 Å². The van der Waals surface area contributed by atoms with Crippen LogP contribution in [0.3, 0.4) is 0 Å². The second-order valence-electron chi connectivity index (χ2n) is 5.90. The number of hydrogen-bond donors (Lipinski definition) is 0. The van der Waals surface area contributed by atoms with E-state index in [1.54, 1.807) is 32.9 Å². The van der Waals surface area contributed by atoms with Crippen LogP contribution >= 0.6 is 0 Å². The molecule has 0 N–H and O–H groups in total. The average molecular weight is 322 g/mol. The molecule has 0 aliphatic carbocycles. The minimum absolute atomic E-state index is 0.0278. The maximum atomic E-state index is 11.6.